The second-order valence-corrected chi connectivity index (χ2v) is 3.92. The molecule has 1 heterocycles. The minimum absolute atomic E-state index is 0.366. The normalized spacial score (nSPS) is 21.0. The number of carboxylic acid groups (broad SMARTS) is 1. The first-order valence-electron chi connectivity index (χ1n) is 5.25. The summed E-state index contributed by atoms with van der Waals surface area (Å²) in [5.74, 6) is -1.09. The van der Waals surface area contributed by atoms with E-state index in [-0.39, 0.29) is 5.92 Å². The third-order valence-corrected chi connectivity index (χ3v) is 3.01. The van der Waals surface area contributed by atoms with Crippen molar-refractivity contribution in [1.82, 2.24) is 4.90 Å². The lowest BCUT2D eigenvalue weighted by Gasteiger charge is -2.31. The minimum atomic E-state index is -0.722. The summed E-state index contributed by atoms with van der Waals surface area (Å²) < 4.78 is 0. The van der Waals surface area contributed by atoms with Crippen molar-refractivity contribution in [3.63, 3.8) is 0 Å². The molecule has 1 aliphatic heterocycles. The quantitative estimate of drug-likeness (QED) is 0.798. The zero-order valence-electron chi connectivity index (χ0n) is 8.81. The second-order valence-electron chi connectivity index (χ2n) is 3.92. The Morgan fingerprint density at radius 3 is 2.93 bits per heavy atom. The Labute approximate surface area is 89.3 Å². The molecule has 0 spiro atoms. The minimum Gasteiger partial charge on any atom is -0.481 e. The van der Waals surface area contributed by atoms with E-state index >= 15 is 0 Å². The molecule has 2 rings (SSSR count). The summed E-state index contributed by atoms with van der Waals surface area (Å²) >= 11 is 0. The number of rotatable bonds is 2. The van der Waals surface area contributed by atoms with Crippen molar-refractivity contribution in [3.8, 4) is 0 Å². The van der Waals surface area contributed by atoms with E-state index in [0.717, 1.165) is 24.2 Å². The molecule has 0 saturated heterocycles. The summed E-state index contributed by atoms with van der Waals surface area (Å²) in [7, 11) is 0. The summed E-state index contributed by atoms with van der Waals surface area (Å²) in [6, 6.07) is 7.83. The molecule has 1 aromatic carbocycles. The number of fused-ring (bicyclic) bond motifs is 1. The molecule has 1 unspecified atom stereocenters. The van der Waals surface area contributed by atoms with E-state index in [9.17, 15) is 9.90 Å². The molecule has 80 valence electrons. The van der Waals surface area contributed by atoms with Crippen molar-refractivity contribution in [2.75, 3.05) is 13.1 Å². The molecule has 1 atom stereocenters. The second kappa shape index (κ2) is 4.03. The molecule has 0 aromatic heterocycles. The van der Waals surface area contributed by atoms with Gasteiger partial charge in [-0.2, -0.15) is 0 Å². The summed E-state index contributed by atoms with van der Waals surface area (Å²) in [5, 5.41) is 9.17. The number of carbonyl (C=O) groups is 1. The Hall–Kier alpha value is -1.35. The highest BCUT2D eigenvalue weighted by Gasteiger charge is 2.28. The van der Waals surface area contributed by atoms with Crippen LogP contribution in [0.1, 0.15) is 24.0 Å². The van der Waals surface area contributed by atoms with Crippen LogP contribution in [0.5, 0.6) is 0 Å². The van der Waals surface area contributed by atoms with E-state index in [1.807, 2.05) is 24.3 Å². The van der Waals surface area contributed by atoms with E-state index in [0.29, 0.717) is 6.54 Å². The fourth-order valence-electron chi connectivity index (χ4n) is 2.13. The van der Waals surface area contributed by atoms with Gasteiger partial charge in [0.25, 0.3) is 0 Å². The molecule has 0 bridgehead atoms. The number of carboxylic acids is 1. The molecule has 3 nitrogen and oxygen atoms in total. The number of likely N-dealkylation sites (N-methyl/N-ethyl adjacent to an activating group) is 1. The van der Waals surface area contributed by atoms with Crippen LogP contribution in [0.4, 0.5) is 0 Å². The molecule has 3 heteroatoms. The monoisotopic (exact) mass is 205 g/mol. The van der Waals surface area contributed by atoms with Crippen LogP contribution < -0.4 is 0 Å². The van der Waals surface area contributed by atoms with Gasteiger partial charge in [0, 0.05) is 13.1 Å². The summed E-state index contributed by atoms with van der Waals surface area (Å²) in [6.07, 6.45) is 0. The maximum Gasteiger partial charge on any atom is 0.312 e. The predicted molar refractivity (Wildman–Crippen MR) is 57.8 cm³/mol. The van der Waals surface area contributed by atoms with E-state index in [2.05, 4.69) is 11.8 Å². The molecule has 0 amide bonds. The Bertz CT molecular complexity index is 376. The number of hydrogen-bond donors (Lipinski definition) is 1. The summed E-state index contributed by atoms with van der Waals surface area (Å²) in [6.45, 7) is 4.46. The van der Waals surface area contributed by atoms with Crippen LogP contribution in [0, 0.1) is 0 Å². The number of nitrogens with zero attached hydrogens (tertiary/aromatic N) is 1. The van der Waals surface area contributed by atoms with Crippen molar-refractivity contribution < 1.29 is 9.90 Å². The molecule has 0 fully saturated rings. The zero-order chi connectivity index (χ0) is 10.8. The van der Waals surface area contributed by atoms with Crippen LogP contribution >= 0.6 is 0 Å². The number of hydrogen-bond acceptors (Lipinski definition) is 2. The average Bonchev–Trinajstić information content (AvgIpc) is 2.27. The summed E-state index contributed by atoms with van der Waals surface area (Å²) in [5.41, 5.74) is 2.13. The predicted octanol–water partition coefficient (Wildman–Crippen LogP) is 1.69. The molecule has 1 aliphatic rings. The van der Waals surface area contributed by atoms with Crippen molar-refractivity contribution in [2.24, 2.45) is 0 Å². The highest BCUT2D eigenvalue weighted by atomic mass is 16.4. The molecule has 0 radical (unpaired) electrons. The van der Waals surface area contributed by atoms with Gasteiger partial charge in [-0.15, -0.1) is 0 Å². The van der Waals surface area contributed by atoms with Crippen LogP contribution in [0.25, 0.3) is 0 Å². The van der Waals surface area contributed by atoms with Crippen molar-refractivity contribution in [1.29, 1.82) is 0 Å². The van der Waals surface area contributed by atoms with Gasteiger partial charge in [0.2, 0.25) is 0 Å². The van der Waals surface area contributed by atoms with Gasteiger partial charge < -0.3 is 5.11 Å². The van der Waals surface area contributed by atoms with E-state index in [4.69, 9.17) is 0 Å². The van der Waals surface area contributed by atoms with Crippen LogP contribution in [0.15, 0.2) is 24.3 Å². The largest absolute Gasteiger partial charge is 0.481 e. The third kappa shape index (κ3) is 1.88. The van der Waals surface area contributed by atoms with Crippen LogP contribution in [0.3, 0.4) is 0 Å². The first-order chi connectivity index (χ1) is 7.22. The average molecular weight is 205 g/mol. The third-order valence-electron chi connectivity index (χ3n) is 3.01. The van der Waals surface area contributed by atoms with Crippen LogP contribution in [-0.4, -0.2) is 29.1 Å². The smallest absolute Gasteiger partial charge is 0.312 e. The molecule has 0 saturated carbocycles. The molecule has 1 aromatic rings. The fraction of sp³-hybridized carbons (Fsp3) is 0.417. The number of benzene rings is 1. The molecular formula is C12H15NO2. The highest BCUT2D eigenvalue weighted by Crippen LogP contribution is 2.27. The van der Waals surface area contributed by atoms with Crippen molar-refractivity contribution in [2.45, 2.75) is 19.4 Å². The molecular weight excluding hydrogens is 190 g/mol. The highest BCUT2D eigenvalue weighted by molar-refractivity contribution is 5.77. The van der Waals surface area contributed by atoms with Gasteiger partial charge in [-0.1, -0.05) is 31.2 Å². The van der Waals surface area contributed by atoms with Gasteiger partial charge in [-0.25, -0.2) is 0 Å². The van der Waals surface area contributed by atoms with Gasteiger partial charge in [-0.05, 0) is 17.7 Å². The lowest BCUT2D eigenvalue weighted by molar-refractivity contribution is -0.139. The first-order valence-corrected chi connectivity index (χ1v) is 5.25. The lowest BCUT2D eigenvalue weighted by atomic mass is 9.90. The topological polar surface area (TPSA) is 40.5 Å². The fourth-order valence-corrected chi connectivity index (χ4v) is 2.13. The summed E-state index contributed by atoms with van der Waals surface area (Å²) in [4.78, 5) is 13.3. The van der Waals surface area contributed by atoms with Gasteiger partial charge in [0.1, 0.15) is 0 Å². The molecule has 1 N–H and O–H groups in total. The van der Waals surface area contributed by atoms with E-state index in [1.54, 1.807) is 0 Å². The van der Waals surface area contributed by atoms with Crippen LogP contribution in [0.2, 0.25) is 0 Å². The molecule has 15 heavy (non-hydrogen) atoms. The van der Waals surface area contributed by atoms with Crippen LogP contribution in [-0.2, 0) is 11.3 Å². The van der Waals surface area contributed by atoms with Gasteiger partial charge in [-0.3, -0.25) is 9.69 Å². The number of aliphatic carboxylic acids is 1. The Morgan fingerprint density at radius 1 is 1.53 bits per heavy atom. The Balaban J connectivity index is 2.38. The van der Waals surface area contributed by atoms with Gasteiger partial charge >= 0.3 is 5.97 Å². The SMILES string of the molecule is CCN1Cc2ccccc2C(C(=O)O)C1. The molecule has 0 aliphatic carbocycles. The van der Waals surface area contributed by atoms with Gasteiger partial charge in [0.15, 0.2) is 0 Å². The Kier molecular flexibility index (Phi) is 2.73. The van der Waals surface area contributed by atoms with Crippen molar-refractivity contribution in [3.05, 3.63) is 35.4 Å². The maximum atomic E-state index is 11.2. The van der Waals surface area contributed by atoms with E-state index < -0.39 is 5.97 Å². The van der Waals surface area contributed by atoms with Crippen molar-refractivity contribution >= 4 is 5.97 Å². The maximum absolute atomic E-state index is 11.2. The standard InChI is InChI=1S/C12H15NO2/c1-2-13-7-9-5-3-4-6-10(9)11(8-13)12(14)15/h3-6,11H,2,7-8H2,1H3,(H,14,15). The first kappa shape index (κ1) is 10.2. The lowest BCUT2D eigenvalue weighted by Crippen LogP contribution is -2.36. The zero-order valence-corrected chi connectivity index (χ0v) is 8.81. The van der Waals surface area contributed by atoms with E-state index in [1.165, 1.54) is 0 Å². The van der Waals surface area contributed by atoms with Gasteiger partial charge in [0.05, 0.1) is 5.92 Å². The Morgan fingerprint density at radius 2 is 2.27 bits per heavy atom.